The van der Waals surface area contributed by atoms with Gasteiger partial charge in [-0.25, -0.2) is 0 Å². The van der Waals surface area contributed by atoms with Gasteiger partial charge in [-0.05, 0) is 30.3 Å². The van der Waals surface area contributed by atoms with Crippen molar-refractivity contribution in [2.75, 3.05) is 0 Å². The Morgan fingerprint density at radius 1 is 0.821 bits per heavy atom. The van der Waals surface area contributed by atoms with Crippen LogP contribution in [0.4, 0.5) is 0 Å². The average Bonchev–Trinajstić information content (AvgIpc) is 3.26. The molecule has 0 unspecified atom stereocenters. The maximum absolute atomic E-state index is 13.0. The Hall–Kier alpha value is -4.13. The van der Waals surface area contributed by atoms with E-state index in [1.54, 1.807) is 30.6 Å². The maximum atomic E-state index is 13.0. The van der Waals surface area contributed by atoms with E-state index in [1.165, 1.54) is 4.68 Å². The number of fused-ring (bicyclic) bond motifs is 1. The van der Waals surface area contributed by atoms with Crippen molar-refractivity contribution in [1.82, 2.24) is 24.9 Å². The van der Waals surface area contributed by atoms with Crippen LogP contribution in [0.1, 0.15) is 0 Å². The van der Waals surface area contributed by atoms with E-state index in [4.69, 9.17) is 4.52 Å². The molecule has 3 aromatic heterocycles. The van der Waals surface area contributed by atoms with Gasteiger partial charge in [0, 0.05) is 23.3 Å². The Bertz CT molecular complexity index is 1330. The molecular weight excluding hydrogens is 354 g/mol. The van der Waals surface area contributed by atoms with Crippen molar-refractivity contribution in [2.45, 2.75) is 0 Å². The summed E-state index contributed by atoms with van der Waals surface area (Å²) in [6.07, 6.45) is 3.32. The summed E-state index contributed by atoms with van der Waals surface area (Å²) >= 11 is 0. The summed E-state index contributed by atoms with van der Waals surface area (Å²) in [6.45, 7) is 0. The maximum Gasteiger partial charge on any atom is 0.279 e. The molecule has 0 saturated carbocycles. The fourth-order valence-corrected chi connectivity index (χ4v) is 3.03. The smallest absolute Gasteiger partial charge is 0.279 e. The number of para-hydroxylation sites is 1. The largest absolute Gasteiger partial charge is 0.332 e. The molecule has 3 heterocycles. The predicted octanol–water partition coefficient (Wildman–Crippen LogP) is 3.50. The molecule has 7 nitrogen and oxygen atoms in total. The van der Waals surface area contributed by atoms with Crippen molar-refractivity contribution >= 4 is 10.8 Å². The Labute approximate surface area is 158 Å². The molecule has 5 aromatic rings. The third-order valence-electron chi connectivity index (χ3n) is 4.37. The summed E-state index contributed by atoms with van der Waals surface area (Å²) in [5.74, 6) is 0.674. The summed E-state index contributed by atoms with van der Waals surface area (Å²) in [5.41, 5.74) is 1.69. The van der Waals surface area contributed by atoms with Crippen LogP contribution >= 0.6 is 0 Å². The number of rotatable bonds is 3. The molecule has 7 heteroatoms. The van der Waals surface area contributed by atoms with Gasteiger partial charge in [-0.1, -0.05) is 41.6 Å². The number of aromatic nitrogens is 5. The molecule has 0 N–H and O–H groups in total. The summed E-state index contributed by atoms with van der Waals surface area (Å²) in [7, 11) is 0. The first-order valence-corrected chi connectivity index (χ1v) is 8.63. The predicted molar refractivity (Wildman–Crippen MR) is 104 cm³/mol. The van der Waals surface area contributed by atoms with Crippen LogP contribution in [0.5, 0.6) is 0 Å². The molecule has 0 atom stereocenters. The van der Waals surface area contributed by atoms with E-state index in [0.29, 0.717) is 28.0 Å². The van der Waals surface area contributed by atoms with Crippen molar-refractivity contribution in [3.8, 4) is 28.7 Å². The van der Waals surface area contributed by atoms with E-state index in [1.807, 2.05) is 48.5 Å². The SMILES string of the molecule is O=c1c2ccccc2c(-c2nc(-c3ccncc3)no2)nn1-c1ccccc1. The summed E-state index contributed by atoms with van der Waals surface area (Å²) in [4.78, 5) is 21.4. The summed E-state index contributed by atoms with van der Waals surface area (Å²) < 4.78 is 6.84. The van der Waals surface area contributed by atoms with Crippen LogP contribution in [0.25, 0.3) is 39.4 Å². The van der Waals surface area contributed by atoms with E-state index >= 15 is 0 Å². The number of hydrogen-bond acceptors (Lipinski definition) is 6. The normalized spacial score (nSPS) is 11.0. The van der Waals surface area contributed by atoms with E-state index in [-0.39, 0.29) is 11.4 Å². The molecule has 5 rings (SSSR count). The van der Waals surface area contributed by atoms with Gasteiger partial charge in [-0.15, -0.1) is 0 Å². The van der Waals surface area contributed by atoms with E-state index in [9.17, 15) is 4.79 Å². The van der Waals surface area contributed by atoms with Gasteiger partial charge in [-0.2, -0.15) is 14.8 Å². The Kier molecular flexibility index (Phi) is 3.76. The molecule has 0 bridgehead atoms. The first-order chi connectivity index (χ1) is 13.8. The molecular formula is C21H13N5O2. The summed E-state index contributed by atoms with van der Waals surface area (Å²) in [5, 5.41) is 9.78. The van der Waals surface area contributed by atoms with E-state index in [2.05, 4.69) is 20.2 Å². The minimum Gasteiger partial charge on any atom is -0.332 e. The number of nitrogens with zero attached hydrogens (tertiary/aromatic N) is 5. The molecule has 0 aliphatic heterocycles. The van der Waals surface area contributed by atoms with Crippen LogP contribution in [0.15, 0.2) is 88.4 Å². The van der Waals surface area contributed by atoms with Crippen LogP contribution in [0.2, 0.25) is 0 Å². The Morgan fingerprint density at radius 3 is 2.32 bits per heavy atom. The fraction of sp³-hybridized carbons (Fsp3) is 0. The number of pyridine rings is 1. The highest BCUT2D eigenvalue weighted by Crippen LogP contribution is 2.26. The highest BCUT2D eigenvalue weighted by molar-refractivity contribution is 5.92. The standard InChI is InChI=1S/C21H13N5O2/c27-21-17-9-5-4-8-16(17)18(24-26(21)15-6-2-1-3-7-15)20-23-19(25-28-20)14-10-12-22-13-11-14/h1-13H. The van der Waals surface area contributed by atoms with Gasteiger partial charge in [0.25, 0.3) is 11.4 Å². The molecule has 2 aromatic carbocycles. The van der Waals surface area contributed by atoms with Crippen molar-refractivity contribution < 1.29 is 4.52 Å². The quantitative estimate of drug-likeness (QED) is 0.485. The van der Waals surface area contributed by atoms with E-state index in [0.717, 1.165) is 5.56 Å². The lowest BCUT2D eigenvalue weighted by atomic mass is 10.1. The molecule has 0 amide bonds. The van der Waals surface area contributed by atoms with Crippen LogP contribution in [-0.2, 0) is 0 Å². The highest BCUT2D eigenvalue weighted by atomic mass is 16.5. The van der Waals surface area contributed by atoms with Crippen molar-refractivity contribution in [2.24, 2.45) is 0 Å². The fourth-order valence-electron chi connectivity index (χ4n) is 3.03. The Morgan fingerprint density at radius 2 is 1.54 bits per heavy atom. The second kappa shape index (κ2) is 6.55. The van der Waals surface area contributed by atoms with Gasteiger partial charge in [0.2, 0.25) is 5.82 Å². The number of benzene rings is 2. The topological polar surface area (TPSA) is 86.7 Å². The van der Waals surface area contributed by atoms with Crippen molar-refractivity contribution in [3.63, 3.8) is 0 Å². The second-order valence-corrected chi connectivity index (χ2v) is 6.11. The third kappa shape index (κ3) is 2.66. The monoisotopic (exact) mass is 367 g/mol. The molecule has 0 radical (unpaired) electrons. The first kappa shape index (κ1) is 16.1. The molecule has 28 heavy (non-hydrogen) atoms. The van der Waals surface area contributed by atoms with Gasteiger partial charge >= 0.3 is 0 Å². The van der Waals surface area contributed by atoms with Gasteiger partial charge in [-0.3, -0.25) is 9.78 Å². The zero-order valence-corrected chi connectivity index (χ0v) is 14.6. The van der Waals surface area contributed by atoms with Gasteiger partial charge < -0.3 is 4.52 Å². The van der Waals surface area contributed by atoms with Gasteiger partial charge in [0.05, 0.1) is 11.1 Å². The highest BCUT2D eigenvalue weighted by Gasteiger charge is 2.18. The summed E-state index contributed by atoms with van der Waals surface area (Å²) in [6, 6.07) is 20.1. The molecule has 134 valence electrons. The van der Waals surface area contributed by atoms with Crippen molar-refractivity contribution in [1.29, 1.82) is 0 Å². The third-order valence-corrected chi connectivity index (χ3v) is 4.37. The van der Waals surface area contributed by atoms with Crippen LogP contribution in [0.3, 0.4) is 0 Å². The van der Waals surface area contributed by atoms with Gasteiger partial charge in [0.15, 0.2) is 5.69 Å². The van der Waals surface area contributed by atoms with Crippen molar-refractivity contribution in [3.05, 3.63) is 89.5 Å². The first-order valence-electron chi connectivity index (χ1n) is 8.63. The van der Waals surface area contributed by atoms with E-state index < -0.39 is 0 Å². The minimum absolute atomic E-state index is 0.209. The zero-order chi connectivity index (χ0) is 18.9. The van der Waals surface area contributed by atoms with Crippen LogP contribution in [0, 0.1) is 0 Å². The van der Waals surface area contributed by atoms with Gasteiger partial charge in [0.1, 0.15) is 0 Å². The lowest BCUT2D eigenvalue weighted by molar-refractivity contribution is 0.430. The van der Waals surface area contributed by atoms with Crippen LogP contribution in [-0.4, -0.2) is 24.9 Å². The molecule has 0 aliphatic carbocycles. The molecule has 0 saturated heterocycles. The minimum atomic E-state index is -0.209. The zero-order valence-electron chi connectivity index (χ0n) is 14.6. The lowest BCUT2D eigenvalue weighted by Gasteiger charge is -2.08. The van der Waals surface area contributed by atoms with Crippen LogP contribution < -0.4 is 5.56 Å². The molecule has 0 aliphatic rings. The second-order valence-electron chi connectivity index (χ2n) is 6.11. The Balaban J connectivity index is 1.75. The average molecular weight is 367 g/mol. The number of hydrogen-bond donors (Lipinski definition) is 0. The molecule has 0 spiro atoms. The molecule has 0 fully saturated rings. The lowest BCUT2D eigenvalue weighted by Crippen LogP contribution is -2.22.